The Hall–Kier alpha value is -0.710. The second-order valence-corrected chi connectivity index (χ2v) is 4.83. The van der Waals surface area contributed by atoms with Crippen LogP contribution in [0.1, 0.15) is 6.42 Å². The van der Waals surface area contributed by atoms with Crippen LogP contribution < -0.4 is 0 Å². The maximum atomic E-state index is 11.7. The fourth-order valence-corrected chi connectivity index (χ4v) is 2.52. The molecule has 5 heteroatoms. The van der Waals surface area contributed by atoms with Gasteiger partial charge in [-0.1, -0.05) is 23.7 Å². The topological polar surface area (TPSA) is 29.5 Å². The number of carbonyl (C=O) groups excluding carboxylic acids is 1. The Morgan fingerprint density at radius 2 is 2.31 bits per heavy atom. The van der Waals surface area contributed by atoms with Gasteiger partial charge in [0.1, 0.15) is 0 Å². The zero-order valence-corrected chi connectivity index (χ0v) is 10.3. The largest absolute Gasteiger partial charge is 0.272 e. The molecule has 1 aliphatic heterocycles. The molecule has 1 heterocycles. The van der Waals surface area contributed by atoms with Gasteiger partial charge in [-0.2, -0.15) is 0 Å². The normalized spacial score (nSPS) is 15.4. The standard InChI is InChI=1S/C11H12ClNO2S/c12-9-4-1-2-5-10(9)16-8-11(14)13-6-3-7-15-13/h1-2,4-5H,3,6-8H2. The highest BCUT2D eigenvalue weighted by Gasteiger charge is 2.19. The van der Waals surface area contributed by atoms with Gasteiger partial charge in [-0.15, -0.1) is 11.8 Å². The van der Waals surface area contributed by atoms with E-state index in [4.69, 9.17) is 16.4 Å². The van der Waals surface area contributed by atoms with Crippen molar-refractivity contribution in [2.45, 2.75) is 11.3 Å². The minimum Gasteiger partial charge on any atom is -0.272 e. The van der Waals surface area contributed by atoms with Crippen LogP contribution in [0.15, 0.2) is 29.2 Å². The third kappa shape index (κ3) is 2.90. The highest BCUT2D eigenvalue weighted by molar-refractivity contribution is 8.00. The van der Waals surface area contributed by atoms with Crippen molar-refractivity contribution >= 4 is 29.3 Å². The highest BCUT2D eigenvalue weighted by atomic mass is 35.5. The molecular weight excluding hydrogens is 246 g/mol. The van der Waals surface area contributed by atoms with E-state index in [1.165, 1.54) is 16.8 Å². The predicted molar refractivity (Wildman–Crippen MR) is 64.5 cm³/mol. The van der Waals surface area contributed by atoms with Crippen molar-refractivity contribution in [3.63, 3.8) is 0 Å². The van der Waals surface area contributed by atoms with E-state index in [9.17, 15) is 4.79 Å². The summed E-state index contributed by atoms with van der Waals surface area (Å²) >= 11 is 7.43. The molecule has 1 aromatic carbocycles. The molecular formula is C11H12ClNO2S. The number of amides is 1. The summed E-state index contributed by atoms with van der Waals surface area (Å²) < 4.78 is 0. The molecule has 0 radical (unpaired) electrons. The van der Waals surface area contributed by atoms with Crippen LogP contribution in [0.2, 0.25) is 5.02 Å². The van der Waals surface area contributed by atoms with Crippen LogP contribution in [0.25, 0.3) is 0 Å². The third-order valence-corrected chi connectivity index (χ3v) is 3.72. The van der Waals surface area contributed by atoms with E-state index in [0.717, 1.165) is 11.3 Å². The summed E-state index contributed by atoms with van der Waals surface area (Å²) in [6.45, 7) is 1.34. The molecule has 86 valence electrons. The number of halogens is 1. The van der Waals surface area contributed by atoms with E-state index in [1.54, 1.807) is 0 Å². The molecule has 0 aliphatic carbocycles. The Morgan fingerprint density at radius 3 is 3.00 bits per heavy atom. The van der Waals surface area contributed by atoms with Crippen LogP contribution in [0.4, 0.5) is 0 Å². The Bertz CT molecular complexity index is 380. The number of benzene rings is 1. The molecule has 1 saturated heterocycles. The summed E-state index contributed by atoms with van der Waals surface area (Å²) in [5, 5.41) is 2.12. The smallest absolute Gasteiger partial charge is 0.256 e. The highest BCUT2D eigenvalue weighted by Crippen LogP contribution is 2.26. The zero-order valence-electron chi connectivity index (χ0n) is 8.69. The monoisotopic (exact) mass is 257 g/mol. The number of hydrogen-bond acceptors (Lipinski definition) is 3. The number of rotatable bonds is 3. The first-order valence-electron chi connectivity index (χ1n) is 5.08. The number of nitrogens with zero attached hydrogens (tertiary/aromatic N) is 1. The lowest BCUT2D eigenvalue weighted by molar-refractivity contribution is -0.165. The minimum atomic E-state index is 0.00224. The molecule has 3 nitrogen and oxygen atoms in total. The lowest BCUT2D eigenvalue weighted by Crippen LogP contribution is -2.28. The van der Waals surface area contributed by atoms with Crippen LogP contribution in [-0.2, 0) is 9.63 Å². The van der Waals surface area contributed by atoms with Gasteiger partial charge in [0.05, 0.1) is 23.9 Å². The lowest BCUT2D eigenvalue weighted by atomic mass is 10.4. The van der Waals surface area contributed by atoms with Gasteiger partial charge in [0, 0.05) is 4.90 Å². The van der Waals surface area contributed by atoms with Crippen LogP contribution in [0.3, 0.4) is 0 Å². The first-order chi connectivity index (χ1) is 7.77. The average Bonchev–Trinajstić information content (AvgIpc) is 2.81. The maximum Gasteiger partial charge on any atom is 0.256 e. The van der Waals surface area contributed by atoms with Gasteiger partial charge in [0.15, 0.2) is 0 Å². The second kappa shape index (κ2) is 5.57. The van der Waals surface area contributed by atoms with Crippen molar-refractivity contribution in [2.75, 3.05) is 18.9 Å². The van der Waals surface area contributed by atoms with Gasteiger partial charge in [-0.25, -0.2) is 5.06 Å². The summed E-state index contributed by atoms with van der Waals surface area (Å²) in [5.41, 5.74) is 0. The fourth-order valence-electron chi connectivity index (χ4n) is 1.42. The number of hydrogen-bond donors (Lipinski definition) is 0. The van der Waals surface area contributed by atoms with Crippen LogP contribution in [-0.4, -0.2) is 29.9 Å². The second-order valence-electron chi connectivity index (χ2n) is 3.40. The first kappa shape index (κ1) is 11.8. The van der Waals surface area contributed by atoms with E-state index in [1.807, 2.05) is 24.3 Å². The summed E-state index contributed by atoms with van der Waals surface area (Å²) in [4.78, 5) is 17.8. The van der Waals surface area contributed by atoms with Crippen molar-refractivity contribution in [3.8, 4) is 0 Å². The summed E-state index contributed by atoms with van der Waals surface area (Å²) in [5.74, 6) is 0.367. The molecule has 16 heavy (non-hydrogen) atoms. The average molecular weight is 258 g/mol. The van der Waals surface area contributed by atoms with E-state index in [0.29, 0.717) is 23.9 Å². The quantitative estimate of drug-likeness (QED) is 0.780. The molecule has 1 fully saturated rings. The van der Waals surface area contributed by atoms with E-state index < -0.39 is 0 Å². The third-order valence-electron chi connectivity index (χ3n) is 2.22. The van der Waals surface area contributed by atoms with Crippen molar-refractivity contribution in [1.82, 2.24) is 5.06 Å². The number of thioether (sulfide) groups is 1. The predicted octanol–water partition coefficient (Wildman–Crippen LogP) is 2.60. The lowest BCUT2D eigenvalue weighted by Gasteiger charge is -2.13. The summed E-state index contributed by atoms with van der Waals surface area (Å²) in [6.07, 6.45) is 0.919. The molecule has 1 amide bonds. The van der Waals surface area contributed by atoms with Gasteiger partial charge in [0.25, 0.3) is 5.91 Å². The Kier molecular flexibility index (Phi) is 4.09. The Morgan fingerprint density at radius 1 is 1.50 bits per heavy atom. The minimum absolute atomic E-state index is 0.00224. The van der Waals surface area contributed by atoms with Crippen molar-refractivity contribution in [1.29, 1.82) is 0 Å². The van der Waals surface area contributed by atoms with Gasteiger partial charge < -0.3 is 0 Å². The van der Waals surface area contributed by atoms with Crippen LogP contribution in [0, 0.1) is 0 Å². The molecule has 0 unspecified atom stereocenters. The number of hydroxylamine groups is 2. The van der Waals surface area contributed by atoms with Gasteiger partial charge >= 0.3 is 0 Å². The van der Waals surface area contributed by atoms with Gasteiger partial charge in [-0.05, 0) is 18.6 Å². The SMILES string of the molecule is O=C(CSc1ccccc1Cl)N1CCCO1. The molecule has 0 atom stereocenters. The Labute approximate surface area is 104 Å². The summed E-state index contributed by atoms with van der Waals surface area (Å²) in [6, 6.07) is 7.51. The molecule has 0 aromatic heterocycles. The zero-order chi connectivity index (χ0) is 11.4. The van der Waals surface area contributed by atoms with Crippen molar-refractivity contribution in [3.05, 3.63) is 29.3 Å². The van der Waals surface area contributed by atoms with Crippen molar-refractivity contribution in [2.24, 2.45) is 0 Å². The molecule has 2 rings (SSSR count). The van der Waals surface area contributed by atoms with Gasteiger partial charge in [0.2, 0.25) is 0 Å². The fraction of sp³-hybridized carbons (Fsp3) is 0.364. The molecule has 1 aliphatic rings. The molecule has 0 spiro atoms. The van der Waals surface area contributed by atoms with Crippen molar-refractivity contribution < 1.29 is 9.63 Å². The molecule has 1 aromatic rings. The van der Waals surface area contributed by atoms with E-state index in [2.05, 4.69) is 0 Å². The maximum absolute atomic E-state index is 11.7. The van der Waals surface area contributed by atoms with E-state index in [-0.39, 0.29) is 5.91 Å². The Balaban J connectivity index is 1.87. The summed E-state index contributed by atoms with van der Waals surface area (Å²) in [7, 11) is 0. The first-order valence-corrected chi connectivity index (χ1v) is 6.44. The van der Waals surface area contributed by atoms with E-state index >= 15 is 0 Å². The van der Waals surface area contributed by atoms with Gasteiger partial charge in [-0.3, -0.25) is 9.63 Å². The molecule has 0 bridgehead atoms. The molecule has 0 saturated carbocycles. The number of carbonyl (C=O) groups is 1. The van der Waals surface area contributed by atoms with Crippen LogP contribution in [0.5, 0.6) is 0 Å². The molecule has 0 N–H and O–H groups in total. The van der Waals surface area contributed by atoms with Crippen LogP contribution >= 0.6 is 23.4 Å².